The molecule has 116 valence electrons. The van der Waals surface area contributed by atoms with Gasteiger partial charge in [-0.1, -0.05) is 12.2 Å². The van der Waals surface area contributed by atoms with Crippen LogP contribution in [0, 0.1) is 22.7 Å². The van der Waals surface area contributed by atoms with Crippen molar-refractivity contribution in [3.8, 4) is 6.07 Å². The minimum atomic E-state index is -0.986. The Morgan fingerprint density at radius 2 is 2.23 bits per heavy atom. The number of aromatic nitrogens is 2. The van der Waals surface area contributed by atoms with Gasteiger partial charge in [-0.2, -0.15) is 10.4 Å². The molecule has 3 atom stereocenters. The van der Waals surface area contributed by atoms with E-state index in [-0.39, 0.29) is 17.9 Å². The second-order valence-corrected chi connectivity index (χ2v) is 6.29. The standard InChI is InChI=1S/C16H20N4O2/c17-11-16(4-1-2-5-16)15(22)19-13-8-12(9-14(13)21)10-20-7-3-6-18-20/h1-3,6-7,12-14,21H,4-5,8-10H2,(H,19,22)/t12?,13-,14-/m1/s1. The summed E-state index contributed by atoms with van der Waals surface area (Å²) in [6.07, 6.45) is 9.06. The number of aliphatic hydroxyl groups is 1. The molecule has 0 bridgehead atoms. The first-order chi connectivity index (χ1) is 10.6. The van der Waals surface area contributed by atoms with Crippen LogP contribution in [0.1, 0.15) is 25.7 Å². The molecular weight excluding hydrogens is 280 g/mol. The number of nitrogens with zero attached hydrogens (tertiary/aromatic N) is 3. The summed E-state index contributed by atoms with van der Waals surface area (Å²) in [7, 11) is 0. The third-order valence-electron chi connectivity index (χ3n) is 4.70. The highest BCUT2D eigenvalue weighted by Gasteiger charge is 2.42. The molecular formula is C16H20N4O2. The number of hydrogen-bond donors (Lipinski definition) is 2. The lowest BCUT2D eigenvalue weighted by molar-refractivity contribution is -0.129. The minimum absolute atomic E-state index is 0.260. The predicted molar refractivity (Wildman–Crippen MR) is 79.3 cm³/mol. The molecule has 6 nitrogen and oxygen atoms in total. The maximum Gasteiger partial charge on any atom is 0.241 e. The molecule has 2 aliphatic rings. The van der Waals surface area contributed by atoms with E-state index in [2.05, 4.69) is 16.5 Å². The van der Waals surface area contributed by atoms with Crippen molar-refractivity contribution in [3.63, 3.8) is 0 Å². The lowest BCUT2D eigenvalue weighted by Crippen LogP contribution is -2.46. The fourth-order valence-electron chi connectivity index (χ4n) is 3.38. The van der Waals surface area contributed by atoms with Crippen LogP contribution in [0.2, 0.25) is 0 Å². The zero-order valence-corrected chi connectivity index (χ0v) is 12.4. The van der Waals surface area contributed by atoms with Crippen LogP contribution >= 0.6 is 0 Å². The van der Waals surface area contributed by atoms with Gasteiger partial charge in [0.25, 0.3) is 0 Å². The molecule has 0 aliphatic heterocycles. The number of rotatable bonds is 4. The summed E-state index contributed by atoms with van der Waals surface area (Å²) < 4.78 is 1.85. The third-order valence-corrected chi connectivity index (χ3v) is 4.70. The van der Waals surface area contributed by atoms with Gasteiger partial charge in [0.05, 0.1) is 18.2 Å². The fraction of sp³-hybridized carbons (Fsp3) is 0.562. The van der Waals surface area contributed by atoms with Gasteiger partial charge >= 0.3 is 0 Å². The number of nitriles is 1. The number of aliphatic hydroxyl groups excluding tert-OH is 1. The van der Waals surface area contributed by atoms with Crippen molar-refractivity contribution in [1.29, 1.82) is 5.26 Å². The molecule has 1 aromatic heterocycles. The first-order valence-electron chi connectivity index (χ1n) is 7.66. The van der Waals surface area contributed by atoms with Crippen LogP contribution in [-0.4, -0.2) is 32.9 Å². The molecule has 0 radical (unpaired) electrons. The molecule has 1 aromatic rings. The monoisotopic (exact) mass is 300 g/mol. The van der Waals surface area contributed by atoms with Gasteiger partial charge in [-0.25, -0.2) is 0 Å². The summed E-state index contributed by atoms with van der Waals surface area (Å²) in [6, 6.07) is 3.73. The Morgan fingerprint density at radius 3 is 2.86 bits per heavy atom. The highest BCUT2D eigenvalue weighted by molar-refractivity contribution is 5.86. The van der Waals surface area contributed by atoms with Gasteiger partial charge in [-0.05, 0) is 37.7 Å². The summed E-state index contributed by atoms with van der Waals surface area (Å²) in [4.78, 5) is 12.4. The van der Waals surface area contributed by atoms with Gasteiger partial charge in [0.2, 0.25) is 5.91 Å². The molecule has 0 saturated heterocycles. The van der Waals surface area contributed by atoms with Crippen molar-refractivity contribution in [2.24, 2.45) is 11.3 Å². The molecule has 22 heavy (non-hydrogen) atoms. The average molecular weight is 300 g/mol. The zero-order valence-electron chi connectivity index (χ0n) is 12.4. The summed E-state index contributed by atoms with van der Waals surface area (Å²) in [6.45, 7) is 0.737. The van der Waals surface area contributed by atoms with Gasteiger partial charge in [0, 0.05) is 18.9 Å². The molecule has 6 heteroatoms. The van der Waals surface area contributed by atoms with Crippen molar-refractivity contribution in [3.05, 3.63) is 30.6 Å². The Morgan fingerprint density at radius 1 is 1.45 bits per heavy atom. The van der Waals surface area contributed by atoms with Crippen LogP contribution in [0.25, 0.3) is 0 Å². The van der Waals surface area contributed by atoms with E-state index in [9.17, 15) is 15.2 Å². The van der Waals surface area contributed by atoms with E-state index in [1.54, 1.807) is 6.20 Å². The van der Waals surface area contributed by atoms with Crippen LogP contribution in [0.3, 0.4) is 0 Å². The molecule has 1 heterocycles. The maximum absolute atomic E-state index is 12.4. The summed E-state index contributed by atoms with van der Waals surface area (Å²) in [5.41, 5.74) is -0.986. The van der Waals surface area contributed by atoms with Crippen LogP contribution < -0.4 is 5.32 Å². The molecule has 2 aliphatic carbocycles. The van der Waals surface area contributed by atoms with E-state index in [4.69, 9.17) is 0 Å². The van der Waals surface area contributed by atoms with Crippen LogP contribution in [0.4, 0.5) is 0 Å². The topological polar surface area (TPSA) is 90.9 Å². The van der Waals surface area contributed by atoms with Crippen molar-refractivity contribution in [2.45, 2.75) is 44.4 Å². The van der Waals surface area contributed by atoms with E-state index in [1.165, 1.54) is 0 Å². The maximum atomic E-state index is 12.4. The van der Waals surface area contributed by atoms with E-state index < -0.39 is 11.5 Å². The number of hydrogen-bond acceptors (Lipinski definition) is 4. The first-order valence-corrected chi connectivity index (χ1v) is 7.66. The highest BCUT2D eigenvalue weighted by Crippen LogP contribution is 2.34. The van der Waals surface area contributed by atoms with Gasteiger partial charge in [0.15, 0.2) is 0 Å². The molecule has 0 spiro atoms. The number of amides is 1. The number of nitrogens with one attached hydrogen (secondary N) is 1. The quantitative estimate of drug-likeness (QED) is 0.812. The molecule has 0 aromatic carbocycles. The third kappa shape index (κ3) is 2.77. The normalized spacial score (nSPS) is 29.4. The van der Waals surface area contributed by atoms with Crippen molar-refractivity contribution >= 4 is 5.91 Å². The number of carbonyl (C=O) groups is 1. The lowest BCUT2D eigenvalue weighted by Gasteiger charge is -2.24. The molecule has 1 unspecified atom stereocenters. The van der Waals surface area contributed by atoms with E-state index in [1.807, 2.05) is 29.1 Å². The second-order valence-electron chi connectivity index (χ2n) is 6.29. The van der Waals surface area contributed by atoms with Crippen molar-refractivity contribution in [1.82, 2.24) is 15.1 Å². The summed E-state index contributed by atoms with van der Waals surface area (Å²) in [5, 5.41) is 26.6. The van der Waals surface area contributed by atoms with Crippen molar-refractivity contribution in [2.75, 3.05) is 0 Å². The van der Waals surface area contributed by atoms with Gasteiger partial charge in [0.1, 0.15) is 5.41 Å². The molecule has 1 fully saturated rings. The Bertz CT molecular complexity index is 594. The molecule has 1 saturated carbocycles. The summed E-state index contributed by atoms with van der Waals surface area (Å²) >= 11 is 0. The Kier molecular flexibility index (Phi) is 3.99. The largest absolute Gasteiger partial charge is 0.391 e. The van der Waals surface area contributed by atoms with E-state index >= 15 is 0 Å². The van der Waals surface area contributed by atoms with Crippen molar-refractivity contribution < 1.29 is 9.90 Å². The van der Waals surface area contributed by atoms with Crippen LogP contribution in [-0.2, 0) is 11.3 Å². The summed E-state index contributed by atoms with van der Waals surface area (Å²) in [5.74, 6) is 0.0173. The number of allylic oxidation sites excluding steroid dienone is 2. The number of carbonyl (C=O) groups excluding carboxylic acids is 1. The Hall–Kier alpha value is -2.13. The van der Waals surface area contributed by atoms with Crippen LogP contribution in [0.5, 0.6) is 0 Å². The molecule has 1 amide bonds. The SMILES string of the molecule is N#CC1(C(=O)N[C@@H]2CC(Cn3cccn3)C[C@H]2O)CC=CC1. The minimum Gasteiger partial charge on any atom is -0.391 e. The molecule has 2 N–H and O–H groups in total. The first kappa shape index (κ1) is 14.8. The zero-order chi connectivity index (χ0) is 15.6. The van der Waals surface area contributed by atoms with Gasteiger partial charge in [-0.15, -0.1) is 0 Å². The smallest absolute Gasteiger partial charge is 0.241 e. The highest BCUT2D eigenvalue weighted by atomic mass is 16.3. The Labute approximate surface area is 129 Å². The van der Waals surface area contributed by atoms with Crippen LogP contribution in [0.15, 0.2) is 30.6 Å². The fourth-order valence-corrected chi connectivity index (χ4v) is 3.38. The second kappa shape index (κ2) is 5.93. The lowest BCUT2D eigenvalue weighted by atomic mass is 9.86. The van der Waals surface area contributed by atoms with E-state index in [0.717, 1.165) is 6.54 Å². The molecule has 3 rings (SSSR count). The van der Waals surface area contributed by atoms with Gasteiger partial charge < -0.3 is 10.4 Å². The van der Waals surface area contributed by atoms with E-state index in [0.29, 0.717) is 25.7 Å². The average Bonchev–Trinajstić information content (AvgIpc) is 3.22. The Balaban J connectivity index is 1.59. The predicted octanol–water partition coefficient (Wildman–Crippen LogP) is 0.999. The van der Waals surface area contributed by atoms with Gasteiger partial charge in [-0.3, -0.25) is 9.48 Å².